The van der Waals surface area contributed by atoms with E-state index in [1.54, 1.807) is 12.1 Å². The number of sulfonamides is 1. The van der Waals surface area contributed by atoms with Gasteiger partial charge in [0.15, 0.2) is 0 Å². The molecular formula is C19H28N2O4S. The maximum absolute atomic E-state index is 12.5. The number of rotatable bonds is 6. The van der Waals surface area contributed by atoms with E-state index < -0.39 is 16.1 Å². The van der Waals surface area contributed by atoms with Crippen molar-refractivity contribution < 1.29 is 17.9 Å². The van der Waals surface area contributed by atoms with Gasteiger partial charge in [-0.15, -0.1) is 0 Å². The van der Waals surface area contributed by atoms with Crippen LogP contribution in [0.15, 0.2) is 29.2 Å². The summed E-state index contributed by atoms with van der Waals surface area (Å²) in [6, 6.07) is 5.74. The Bertz CT molecular complexity index is 697. The van der Waals surface area contributed by atoms with Crippen molar-refractivity contribution in [2.75, 3.05) is 13.2 Å². The molecule has 26 heavy (non-hydrogen) atoms. The molecule has 1 aliphatic heterocycles. The van der Waals surface area contributed by atoms with Crippen molar-refractivity contribution in [1.29, 1.82) is 0 Å². The second kappa shape index (κ2) is 8.86. The molecule has 3 rings (SSSR count). The van der Waals surface area contributed by atoms with Crippen molar-refractivity contribution >= 4 is 15.9 Å². The van der Waals surface area contributed by atoms with Gasteiger partial charge in [0.1, 0.15) is 11.8 Å². The van der Waals surface area contributed by atoms with Crippen LogP contribution >= 0.6 is 0 Å². The van der Waals surface area contributed by atoms with Gasteiger partial charge in [-0.25, -0.2) is 8.42 Å². The average molecular weight is 381 g/mol. The van der Waals surface area contributed by atoms with Crippen LogP contribution in [-0.4, -0.2) is 33.5 Å². The highest BCUT2D eigenvalue weighted by Crippen LogP contribution is 2.25. The van der Waals surface area contributed by atoms with E-state index in [2.05, 4.69) is 10.0 Å². The molecule has 2 aliphatic rings. The number of nitrogens with one attached hydrogen (secondary N) is 2. The van der Waals surface area contributed by atoms with Gasteiger partial charge in [-0.1, -0.05) is 19.3 Å². The highest BCUT2D eigenvalue weighted by molar-refractivity contribution is 7.89. The molecule has 1 aliphatic carbocycles. The maximum atomic E-state index is 12.5. The van der Waals surface area contributed by atoms with Gasteiger partial charge in [0.25, 0.3) is 0 Å². The first-order valence-electron chi connectivity index (χ1n) is 9.57. The third-order valence-electron chi connectivity index (χ3n) is 5.18. The molecule has 1 saturated carbocycles. The topological polar surface area (TPSA) is 84.5 Å². The standard InChI is InChI=1S/C19H28N2O4S/c22-19-18(8-4-5-13-20-19)21-26(23,24)17-11-9-16(10-12-17)25-14-15-6-2-1-3-7-15/h9-12,15,18,21H,1-8,13-14H2,(H,20,22). The minimum atomic E-state index is -3.73. The lowest BCUT2D eigenvalue weighted by atomic mass is 9.90. The fourth-order valence-corrected chi connectivity index (χ4v) is 4.82. The summed E-state index contributed by atoms with van der Waals surface area (Å²) in [6.07, 6.45) is 8.48. The first-order valence-corrected chi connectivity index (χ1v) is 11.1. The lowest BCUT2D eigenvalue weighted by Gasteiger charge is -2.21. The number of hydrogen-bond donors (Lipinski definition) is 2. The molecule has 0 bridgehead atoms. The molecule has 2 fully saturated rings. The second-order valence-corrected chi connectivity index (χ2v) is 8.96. The van der Waals surface area contributed by atoms with Crippen molar-refractivity contribution in [3.63, 3.8) is 0 Å². The summed E-state index contributed by atoms with van der Waals surface area (Å²) >= 11 is 0. The predicted molar refractivity (Wildman–Crippen MR) is 99.5 cm³/mol. The van der Waals surface area contributed by atoms with E-state index in [-0.39, 0.29) is 10.8 Å². The Balaban J connectivity index is 1.58. The molecule has 1 saturated heterocycles. The quantitative estimate of drug-likeness (QED) is 0.794. The van der Waals surface area contributed by atoms with Crippen LogP contribution in [-0.2, 0) is 14.8 Å². The van der Waals surface area contributed by atoms with Crippen LogP contribution in [0.5, 0.6) is 5.75 Å². The van der Waals surface area contributed by atoms with Crippen LogP contribution in [0.1, 0.15) is 51.4 Å². The minimum absolute atomic E-state index is 0.152. The molecule has 1 atom stereocenters. The summed E-state index contributed by atoms with van der Waals surface area (Å²) < 4.78 is 33.4. The second-order valence-electron chi connectivity index (χ2n) is 7.25. The molecule has 1 heterocycles. The molecule has 0 spiro atoms. The van der Waals surface area contributed by atoms with Crippen LogP contribution in [0.4, 0.5) is 0 Å². The first-order chi connectivity index (χ1) is 12.5. The van der Waals surface area contributed by atoms with Crippen molar-refractivity contribution in [2.24, 2.45) is 5.92 Å². The van der Waals surface area contributed by atoms with Gasteiger partial charge in [-0.05, 0) is 62.3 Å². The molecule has 1 aromatic carbocycles. The van der Waals surface area contributed by atoms with Gasteiger partial charge >= 0.3 is 0 Å². The van der Waals surface area contributed by atoms with E-state index in [1.807, 2.05) is 0 Å². The number of benzene rings is 1. The van der Waals surface area contributed by atoms with E-state index in [1.165, 1.54) is 44.2 Å². The molecule has 0 radical (unpaired) electrons. The van der Waals surface area contributed by atoms with Gasteiger partial charge in [-0.3, -0.25) is 4.79 Å². The van der Waals surface area contributed by atoms with Gasteiger partial charge in [0.2, 0.25) is 15.9 Å². The number of ether oxygens (including phenoxy) is 1. The summed E-state index contributed by atoms with van der Waals surface area (Å²) in [5.41, 5.74) is 0. The Morgan fingerprint density at radius 2 is 1.69 bits per heavy atom. The van der Waals surface area contributed by atoms with E-state index in [4.69, 9.17) is 4.74 Å². The van der Waals surface area contributed by atoms with Crippen molar-refractivity contribution in [3.05, 3.63) is 24.3 Å². The van der Waals surface area contributed by atoms with Crippen LogP contribution in [0.25, 0.3) is 0 Å². The number of hydrogen-bond acceptors (Lipinski definition) is 4. The molecular weight excluding hydrogens is 352 g/mol. The van der Waals surface area contributed by atoms with Crippen LogP contribution in [0.3, 0.4) is 0 Å². The first kappa shape index (κ1) is 19.2. The summed E-state index contributed by atoms with van der Waals surface area (Å²) in [5, 5.41) is 2.74. The highest BCUT2D eigenvalue weighted by Gasteiger charge is 2.26. The number of carbonyl (C=O) groups is 1. The van der Waals surface area contributed by atoms with E-state index in [0.717, 1.165) is 12.8 Å². The van der Waals surface area contributed by atoms with E-state index >= 15 is 0 Å². The minimum Gasteiger partial charge on any atom is -0.493 e. The third kappa shape index (κ3) is 5.20. The average Bonchev–Trinajstić information content (AvgIpc) is 2.85. The van der Waals surface area contributed by atoms with Crippen molar-refractivity contribution in [2.45, 2.75) is 62.3 Å². The zero-order chi connectivity index (χ0) is 18.4. The fourth-order valence-electron chi connectivity index (χ4n) is 3.59. The monoisotopic (exact) mass is 380 g/mol. The Morgan fingerprint density at radius 3 is 2.42 bits per heavy atom. The molecule has 1 aromatic rings. The lowest BCUT2D eigenvalue weighted by Crippen LogP contribution is -2.45. The van der Waals surface area contributed by atoms with Crippen molar-refractivity contribution in [1.82, 2.24) is 10.0 Å². The van der Waals surface area contributed by atoms with Gasteiger partial charge < -0.3 is 10.1 Å². The summed E-state index contributed by atoms with van der Waals surface area (Å²) in [4.78, 5) is 12.1. The molecule has 7 heteroatoms. The molecule has 2 N–H and O–H groups in total. The van der Waals surface area contributed by atoms with Crippen molar-refractivity contribution in [3.8, 4) is 5.75 Å². The SMILES string of the molecule is O=C1NCCCCC1NS(=O)(=O)c1ccc(OCC2CCCCC2)cc1. The smallest absolute Gasteiger partial charge is 0.241 e. The summed E-state index contributed by atoms with van der Waals surface area (Å²) in [6.45, 7) is 1.29. The van der Waals surface area contributed by atoms with Crippen LogP contribution in [0.2, 0.25) is 0 Å². The van der Waals surface area contributed by atoms with Gasteiger partial charge in [-0.2, -0.15) is 4.72 Å². The normalized spacial score (nSPS) is 22.5. The third-order valence-corrected chi connectivity index (χ3v) is 6.66. The Hall–Kier alpha value is -1.60. The molecule has 1 amide bonds. The Kier molecular flexibility index (Phi) is 6.53. The van der Waals surface area contributed by atoms with E-state index in [9.17, 15) is 13.2 Å². The van der Waals surface area contributed by atoms with Gasteiger partial charge in [0, 0.05) is 6.54 Å². The van der Waals surface area contributed by atoms with Crippen LogP contribution in [0, 0.1) is 5.92 Å². The summed E-state index contributed by atoms with van der Waals surface area (Å²) in [7, 11) is -3.73. The van der Waals surface area contributed by atoms with Gasteiger partial charge in [0.05, 0.1) is 11.5 Å². The molecule has 144 valence electrons. The lowest BCUT2D eigenvalue weighted by molar-refractivity contribution is -0.122. The Labute approximate surface area is 155 Å². The highest BCUT2D eigenvalue weighted by atomic mass is 32.2. The largest absolute Gasteiger partial charge is 0.493 e. The number of carbonyl (C=O) groups excluding carboxylic acids is 1. The zero-order valence-electron chi connectivity index (χ0n) is 15.1. The summed E-state index contributed by atoms with van der Waals surface area (Å²) in [5.74, 6) is 1.03. The molecule has 6 nitrogen and oxygen atoms in total. The number of amides is 1. The molecule has 0 aromatic heterocycles. The Morgan fingerprint density at radius 1 is 1.00 bits per heavy atom. The predicted octanol–water partition coefficient (Wildman–Crippen LogP) is 2.59. The molecule has 1 unspecified atom stereocenters. The zero-order valence-corrected chi connectivity index (χ0v) is 15.9. The maximum Gasteiger partial charge on any atom is 0.241 e. The van der Waals surface area contributed by atoms with E-state index in [0.29, 0.717) is 31.2 Å². The fraction of sp³-hybridized carbons (Fsp3) is 0.632. The van der Waals surface area contributed by atoms with Crippen LogP contribution < -0.4 is 14.8 Å².